The molecule has 0 aliphatic heterocycles. The summed E-state index contributed by atoms with van der Waals surface area (Å²) in [7, 11) is 0. The predicted octanol–water partition coefficient (Wildman–Crippen LogP) is 29.3. The number of nitrogens with zero attached hydrogens (tertiary/aromatic N) is 4. The zero-order chi connectivity index (χ0) is 72.4. The summed E-state index contributed by atoms with van der Waals surface area (Å²) in [4.78, 5) is 9.31. The smallest absolute Gasteiger partial charge is 0.0462 e. The summed E-state index contributed by atoms with van der Waals surface area (Å²) >= 11 is 0. The van der Waals surface area contributed by atoms with Crippen LogP contribution in [0.5, 0.6) is 0 Å². The van der Waals surface area contributed by atoms with Gasteiger partial charge in [-0.25, -0.2) is 0 Å². The topological polar surface area (TPSA) is 13.0 Å². The van der Waals surface area contributed by atoms with Crippen LogP contribution >= 0.6 is 0 Å². The first-order chi connectivity index (χ1) is 53.4. The Labute approximate surface area is 633 Å². The van der Waals surface area contributed by atoms with Crippen molar-refractivity contribution in [2.24, 2.45) is 0 Å². The van der Waals surface area contributed by atoms with Gasteiger partial charge in [-0.15, -0.1) is 0 Å². The van der Waals surface area contributed by atoms with Crippen molar-refractivity contribution < 1.29 is 0 Å². The van der Waals surface area contributed by atoms with Crippen molar-refractivity contribution in [3.8, 4) is 77.9 Å². The van der Waals surface area contributed by atoms with Crippen LogP contribution in [0.1, 0.15) is 11.1 Å². The van der Waals surface area contributed by atoms with Gasteiger partial charge in [0.2, 0.25) is 0 Å². The number of hydrogen-bond donors (Lipinski definition) is 0. The fraction of sp³-hybridized carbons (Fsp3) is 0. The molecule has 0 radical (unpaired) electrons. The molecule has 0 fully saturated rings. The predicted molar refractivity (Wildman–Crippen MR) is 458 cm³/mol. The van der Waals surface area contributed by atoms with Crippen LogP contribution in [0, 0.1) is 0 Å². The molecule has 0 amide bonds. The molecule has 17 aromatic carbocycles. The second kappa shape index (κ2) is 30.9. The van der Waals surface area contributed by atoms with Gasteiger partial charge in [0.05, 0.1) is 0 Å². The molecule has 0 saturated carbocycles. The number of para-hydroxylation sites is 4. The standard InChI is InChI=1S/C104H76N4/c1-76(77-23-9-2-10-24-77)78-37-39-87(40-38-78)90-73-91(88-53-69-103(70-54-88)107(95-33-19-7-20-34-95)101-65-49-85(50-66-101)83-45-61-99(62-46-83)105(93-29-15-5-16-30-93)97-57-41-81(42-58-97)79-25-11-3-12-26-79)75-92(74-90)89-55-71-104(72-56-89)108(96-35-21-8-22-36-96)102-67-51-86(52-68-102)84-47-63-100(64-48-84)106(94-31-17-6-18-32-94)98-59-43-82(44-60-98)80-27-13-4-14-28-80/h2-75H,1H2. The third kappa shape index (κ3) is 14.5. The SMILES string of the molecule is C=C(c1ccccc1)c1ccc(-c2cc(-c3ccc(N(c4ccccc4)c4ccc(-c5ccc(N(c6ccccc6)c6ccc(-c7ccccc7)cc6)cc5)cc4)cc3)cc(-c3ccc(N(c4ccccc4)c4ccc(-c5ccc(N(c6ccccc6)c6ccc(-c7ccccc7)cc6)cc5)cc4)cc3)c2)cc1. The molecule has 4 nitrogen and oxygen atoms in total. The third-order valence-corrected chi connectivity index (χ3v) is 20.2. The summed E-state index contributed by atoms with van der Waals surface area (Å²) in [5.74, 6) is 0. The quantitative estimate of drug-likeness (QED) is 0.0711. The van der Waals surface area contributed by atoms with E-state index in [4.69, 9.17) is 0 Å². The van der Waals surface area contributed by atoms with Crippen molar-refractivity contribution in [1.82, 2.24) is 0 Å². The van der Waals surface area contributed by atoms with E-state index in [1.54, 1.807) is 0 Å². The molecule has 0 aliphatic carbocycles. The second-order valence-electron chi connectivity index (χ2n) is 27.0. The Hall–Kier alpha value is -14.3. The summed E-state index contributed by atoms with van der Waals surface area (Å²) in [6.45, 7) is 4.51. The van der Waals surface area contributed by atoms with E-state index in [-0.39, 0.29) is 0 Å². The summed E-state index contributed by atoms with van der Waals surface area (Å²) < 4.78 is 0. The van der Waals surface area contributed by atoms with Crippen molar-refractivity contribution in [3.63, 3.8) is 0 Å². The molecule has 0 bridgehead atoms. The van der Waals surface area contributed by atoms with Gasteiger partial charge in [0.15, 0.2) is 0 Å². The van der Waals surface area contributed by atoms with E-state index in [2.05, 4.69) is 469 Å². The first kappa shape index (κ1) is 66.9. The molecule has 4 heteroatoms. The summed E-state index contributed by atoms with van der Waals surface area (Å²) in [6, 6.07) is 161. The lowest BCUT2D eigenvalue weighted by Gasteiger charge is -2.26. The minimum Gasteiger partial charge on any atom is -0.311 e. The number of benzene rings is 17. The number of hydrogen-bond acceptors (Lipinski definition) is 4. The summed E-state index contributed by atoms with van der Waals surface area (Å²) in [6.07, 6.45) is 0. The first-order valence-electron chi connectivity index (χ1n) is 36.8. The molecule has 0 saturated heterocycles. The number of rotatable bonds is 21. The molecule has 0 aliphatic rings. The van der Waals surface area contributed by atoms with E-state index in [9.17, 15) is 0 Å². The molecular weight excluding hydrogens is 1310 g/mol. The van der Waals surface area contributed by atoms with E-state index in [1.807, 2.05) is 6.07 Å². The van der Waals surface area contributed by atoms with Gasteiger partial charge in [0, 0.05) is 68.2 Å². The van der Waals surface area contributed by atoms with Crippen LogP contribution in [0.15, 0.2) is 455 Å². The Balaban J connectivity index is 0.654. The maximum Gasteiger partial charge on any atom is 0.0462 e. The van der Waals surface area contributed by atoms with E-state index in [0.717, 1.165) is 141 Å². The largest absolute Gasteiger partial charge is 0.311 e. The fourth-order valence-electron chi connectivity index (χ4n) is 14.6. The van der Waals surface area contributed by atoms with Crippen molar-refractivity contribution >= 4 is 73.8 Å². The average molecular weight is 1380 g/mol. The molecule has 17 aromatic rings. The Morgan fingerprint density at radius 3 is 0.472 bits per heavy atom. The van der Waals surface area contributed by atoms with Crippen LogP contribution in [0.4, 0.5) is 68.2 Å². The zero-order valence-corrected chi connectivity index (χ0v) is 59.7. The van der Waals surface area contributed by atoms with Crippen LogP contribution in [-0.4, -0.2) is 0 Å². The van der Waals surface area contributed by atoms with E-state index in [1.165, 1.54) is 22.3 Å². The van der Waals surface area contributed by atoms with Crippen LogP contribution in [0.2, 0.25) is 0 Å². The first-order valence-corrected chi connectivity index (χ1v) is 36.8. The van der Waals surface area contributed by atoms with E-state index < -0.39 is 0 Å². The molecule has 0 heterocycles. The Bertz CT molecular complexity index is 5490. The van der Waals surface area contributed by atoms with Crippen LogP contribution in [0.3, 0.4) is 0 Å². The highest BCUT2D eigenvalue weighted by atomic mass is 15.2. The van der Waals surface area contributed by atoms with Gasteiger partial charge in [0.25, 0.3) is 0 Å². The molecule has 0 N–H and O–H groups in total. The van der Waals surface area contributed by atoms with Gasteiger partial charge < -0.3 is 19.6 Å². The lowest BCUT2D eigenvalue weighted by molar-refractivity contribution is 1.28. The summed E-state index contributed by atoms with van der Waals surface area (Å²) in [5, 5.41) is 0. The molecule has 0 atom stereocenters. The van der Waals surface area contributed by atoms with Crippen molar-refractivity contribution in [2.45, 2.75) is 0 Å². The van der Waals surface area contributed by atoms with Crippen LogP contribution < -0.4 is 19.6 Å². The Kier molecular flexibility index (Phi) is 19.2. The minimum atomic E-state index is 0.996. The summed E-state index contributed by atoms with van der Waals surface area (Å²) in [5.41, 5.74) is 32.2. The lowest BCUT2D eigenvalue weighted by Crippen LogP contribution is -2.10. The Morgan fingerprint density at radius 1 is 0.130 bits per heavy atom. The average Bonchev–Trinajstić information content (AvgIpc) is 0.800. The monoisotopic (exact) mass is 1380 g/mol. The van der Waals surface area contributed by atoms with Crippen LogP contribution in [0.25, 0.3) is 83.5 Å². The van der Waals surface area contributed by atoms with E-state index >= 15 is 0 Å². The van der Waals surface area contributed by atoms with Gasteiger partial charge in [-0.05, 0) is 258 Å². The maximum absolute atomic E-state index is 4.51. The third-order valence-electron chi connectivity index (χ3n) is 20.2. The molecule has 0 unspecified atom stereocenters. The highest BCUT2D eigenvalue weighted by molar-refractivity contribution is 5.89. The van der Waals surface area contributed by atoms with Gasteiger partial charge in [0.1, 0.15) is 0 Å². The van der Waals surface area contributed by atoms with Gasteiger partial charge in [-0.2, -0.15) is 0 Å². The molecule has 512 valence electrons. The van der Waals surface area contributed by atoms with E-state index in [0.29, 0.717) is 0 Å². The van der Waals surface area contributed by atoms with Gasteiger partial charge in [-0.3, -0.25) is 0 Å². The Morgan fingerprint density at radius 2 is 0.269 bits per heavy atom. The van der Waals surface area contributed by atoms with Crippen molar-refractivity contribution in [3.05, 3.63) is 467 Å². The van der Waals surface area contributed by atoms with Crippen LogP contribution in [-0.2, 0) is 0 Å². The maximum atomic E-state index is 4.51. The molecule has 17 rings (SSSR count). The molecule has 0 spiro atoms. The molecule has 108 heavy (non-hydrogen) atoms. The van der Waals surface area contributed by atoms with Crippen molar-refractivity contribution in [1.29, 1.82) is 0 Å². The van der Waals surface area contributed by atoms with Crippen molar-refractivity contribution in [2.75, 3.05) is 19.6 Å². The molecular formula is C104H76N4. The highest BCUT2D eigenvalue weighted by Crippen LogP contribution is 2.44. The second-order valence-corrected chi connectivity index (χ2v) is 27.0. The van der Waals surface area contributed by atoms with Gasteiger partial charge >= 0.3 is 0 Å². The normalized spacial score (nSPS) is 11.0. The zero-order valence-electron chi connectivity index (χ0n) is 59.7. The minimum absolute atomic E-state index is 0.996. The molecule has 0 aromatic heterocycles. The fourth-order valence-corrected chi connectivity index (χ4v) is 14.6. The number of anilines is 12. The lowest BCUT2D eigenvalue weighted by atomic mass is 9.92. The highest BCUT2D eigenvalue weighted by Gasteiger charge is 2.20. The van der Waals surface area contributed by atoms with Gasteiger partial charge in [-0.1, -0.05) is 292 Å².